The number of ether oxygens (including phenoxy) is 1. The van der Waals surface area contributed by atoms with Gasteiger partial charge in [0.15, 0.2) is 0 Å². The van der Waals surface area contributed by atoms with Crippen molar-refractivity contribution in [1.82, 2.24) is 5.32 Å². The minimum absolute atomic E-state index is 0.148. The van der Waals surface area contributed by atoms with Crippen LogP contribution in [0.5, 0.6) is 5.75 Å². The molecule has 1 saturated carbocycles. The van der Waals surface area contributed by atoms with Crippen LogP contribution in [0.15, 0.2) is 24.3 Å². The second kappa shape index (κ2) is 8.05. The van der Waals surface area contributed by atoms with Crippen LogP contribution >= 0.6 is 0 Å². The summed E-state index contributed by atoms with van der Waals surface area (Å²) in [4.78, 5) is 0. The maximum Gasteiger partial charge on any atom is 0.119 e. The Morgan fingerprint density at radius 2 is 1.95 bits per heavy atom. The van der Waals surface area contributed by atoms with Crippen LogP contribution < -0.4 is 10.1 Å². The SMILES string of the molecule is Cc1ccc(OCC(C)NC2CCCCCC2C#N)cc1. The van der Waals surface area contributed by atoms with E-state index in [1.807, 2.05) is 12.1 Å². The second-order valence-corrected chi connectivity index (χ2v) is 6.17. The predicted molar refractivity (Wildman–Crippen MR) is 85.2 cm³/mol. The fraction of sp³-hybridized carbons (Fsp3) is 0.611. The molecule has 114 valence electrons. The third-order valence-electron chi connectivity index (χ3n) is 4.20. The lowest BCUT2D eigenvalue weighted by Gasteiger charge is -2.25. The average Bonchev–Trinajstić information content (AvgIpc) is 2.71. The van der Waals surface area contributed by atoms with E-state index in [4.69, 9.17) is 4.74 Å². The van der Waals surface area contributed by atoms with Crippen molar-refractivity contribution < 1.29 is 4.74 Å². The van der Waals surface area contributed by atoms with Crippen molar-refractivity contribution in [1.29, 1.82) is 5.26 Å². The predicted octanol–water partition coefficient (Wildman–Crippen LogP) is 3.82. The van der Waals surface area contributed by atoms with Gasteiger partial charge in [0, 0.05) is 12.1 Å². The summed E-state index contributed by atoms with van der Waals surface area (Å²) in [5, 5.41) is 12.9. The van der Waals surface area contributed by atoms with Gasteiger partial charge in [0.05, 0.1) is 12.0 Å². The van der Waals surface area contributed by atoms with Crippen LogP contribution in [0, 0.1) is 24.2 Å². The number of hydrogen-bond acceptors (Lipinski definition) is 3. The van der Waals surface area contributed by atoms with E-state index in [2.05, 4.69) is 37.4 Å². The van der Waals surface area contributed by atoms with Crippen molar-refractivity contribution in [2.45, 2.75) is 58.0 Å². The number of nitrogens with one attached hydrogen (secondary N) is 1. The Morgan fingerprint density at radius 1 is 1.24 bits per heavy atom. The molecule has 1 N–H and O–H groups in total. The highest BCUT2D eigenvalue weighted by Crippen LogP contribution is 2.23. The fourth-order valence-corrected chi connectivity index (χ4v) is 2.93. The van der Waals surface area contributed by atoms with Crippen LogP contribution in [-0.4, -0.2) is 18.7 Å². The van der Waals surface area contributed by atoms with Crippen LogP contribution in [0.25, 0.3) is 0 Å². The molecule has 0 aromatic heterocycles. The Hall–Kier alpha value is -1.53. The Labute approximate surface area is 128 Å². The zero-order chi connectivity index (χ0) is 15.1. The van der Waals surface area contributed by atoms with Crippen LogP contribution in [0.1, 0.15) is 44.6 Å². The maximum atomic E-state index is 9.31. The third kappa shape index (κ3) is 5.06. The van der Waals surface area contributed by atoms with Crippen molar-refractivity contribution >= 4 is 0 Å². The summed E-state index contributed by atoms with van der Waals surface area (Å²) in [5.41, 5.74) is 1.24. The molecule has 0 radical (unpaired) electrons. The van der Waals surface area contributed by atoms with Gasteiger partial charge in [0.1, 0.15) is 12.4 Å². The number of nitrogens with zero attached hydrogens (tertiary/aromatic N) is 1. The van der Waals surface area contributed by atoms with E-state index in [0.29, 0.717) is 12.6 Å². The summed E-state index contributed by atoms with van der Waals surface area (Å²) in [6.45, 7) is 4.84. The summed E-state index contributed by atoms with van der Waals surface area (Å²) >= 11 is 0. The molecule has 0 heterocycles. The van der Waals surface area contributed by atoms with Crippen molar-refractivity contribution in [3.05, 3.63) is 29.8 Å². The van der Waals surface area contributed by atoms with Crippen LogP contribution in [-0.2, 0) is 0 Å². The molecule has 1 aliphatic carbocycles. The van der Waals surface area contributed by atoms with Crippen LogP contribution in [0.2, 0.25) is 0 Å². The largest absolute Gasteiger partial charge is 0.492 e. The van der Waals surface area contributed by atoms with Crippen molar-refractivity contribution in [3.63, 3.8) is 0 Å². The second-order valence-electron chi connectivity index (χ2n) is 6.17. The first-order valence-corrected chi connectivity index (χ1v) is 8.04. The molecular formula is C18H26N2O. The highest BCUT2D eigenvalue weighted by Gasteiger charge is 2.24. The first-order valence-electron chi connectivity index (χ1n) is 8.04. The summed E-state index contributed by atoms with van der Waals surface area (Å²) < 4.78 is 5.82. The molecule has 21 heavy (non-hydrogen) atoms. The van der Waals surface area contributed by atoms with E-state index in [0.717, 1.165) is 18.6 Å². The Balaban J connectivity index is 1.81. The zero-order valence-electron chi connectivity index (χ0n) is 13.1. The smallest absolute Gasteiger partial charge is 0.119 e. The molecule has 1 aromatic rings. The lowest BCUT2D eigenvalue weighted by atomic mass is 9.96. The summed E-state index contributed by atoms with van der Waals surface area (Å²) in [7, 11) is 0. The number of benzene rings is 1. The molecule has 3 unspecified atom stereocenters. The Morgan fingerprint density at radius 3 is 2.67 bits per heavy atom. The molecule has 2 rings (SSSR count). The standard InChI is InChI=1S/C18H26N2O/c1-14-8-10-17(11-9-14)21-13-15(2)20-18-7-5-3-4-6-16(18)12-19/h8-11,15-16,18,20H,3-7,13H2,1-2H3. The minimum Gasteiger partial charge on any atom is -0.492 e. The van der Waals surface area contributed by atoms with Gasteiger partial charge in [-0.15, -0.1) is 0 Å². The van der Waals surface area contributed by atoms with Gasteiger partial charge in [0.25, 0.3) is 0 Å². The molecule has 3 heteroatoms. The molecule has 1 aromatic carbocycles. The van der Waals surface area contributed by atoms with Crippen molar-refractivity contribution in [2.75, 3.05) is 6.61 Å². The molecule has 0 spiro atoms. The number of rotatable bonds is 5. The van der Waals surface area contributed by atoms with Crippen molar-refractivity contribution in [2.24, 2.45) is 5.92 Å². The highest BCUT2D eigenvalue weighted by atomic mass is 16.5. The average molecular weight is 286 g/mol. The van der Waals surface area contributed by atoms with E-state index in [9.17, 15) is 5.26 Å². The molecule has 1 aliphatic rings. The van der Waals surface area contributed by atoms with Crippen LogP contribution in [0.4, 0.5) is 0 Å². The molecule has 1 fully saturated rings. The van der Waals surface area contributed by atoms with E-state index in [1.165, 1.54) is 24.8 Å². The van der Waals surface area contributed by atoms with Gasteiger partial charge in [-0.1, -0.05) is 37.0 Å². The Kier molecular flexibility index (Phi) is 6.07. The summed E-state index contributed by atoms with van der Waals surface area (Å²) in [6, 6.07) is 11.2. The third-order valence-corrected chi connectivity index (χ3v) is 4.20. The lowest BCUT2D eigenvalue weighted by Crippen LogP contribution is -2.43. The summed E-state index contributed by atoms with van der Waals surface area (Å²) in [5.74, 6) is 1.06. The summed E-state index contributed by atoms with van der Waals surface area (Å²) in [6.07, 6.45) is 5.80. The Bertz CT molecular complexity index is 463. The topological polar surface area (TPSA) is 45.0 Å². The van der Waals surface area contributed by atoms with Gasteiger partial charge in [0.2, 0.25) is 0 Å². The van der Waals surface area contributed by atoms with Gasteiger partial charge in [-0.05, 0) is 38.8 Å². The van der Waals surface area contributed by atoms with Gasteiger partial charge >= 0.3 is 0 Å². The molecule has 3 nitrogen and oxygen atoms in total. The van der Waals surface area contributed by atoms with Gasteiger partial charge in [-0.2, -0.15) is 5.26 Å². The van der Waals surface area contributed by atoms with Gasteiger partial charge in [-0.25, -0.2) is 0 Å². The van der Waals surface area contributed by atoms with Crippen LogP contribution in [0.3, 0.4) is 0 Å². The molecule has 3 atom stereocenters. The molecule has 0 amide bonds. The number of hydrogen-bond donors (Lipinski definition) is 1. The van der Waals surface area contributed by atoms with Gasteiger partial charge < -0.3 is 10.1 Å². The first kappa shape index (κ1) is 15.9. The monoisotopic (exact) mass is 286 g/mol. The van der Waals surface area contributed by atoms with E-state index in [1.54, 1.807) is 0 Å². The number of aryl methyl sites for hydroxylation is 1. The minimum atomic E-state index is 0.148. The first-order chi connectivity index (χ1) is 10.2. The quantitative estimate of drug-likeness (QED) is 0.837. The van der Waals surface area contributed by atoms with E-state index in [-0.39, 0.29) is 12.0 Å². The lowest BCUT2D eigenvalue weighted by molar-refractivity contribution is 0.246. The molecule has 0 bridgehead atoms. The van der Waals surface area contributed by atoms with Gasteiger partial charge in [-0.3, -0.25) is 0 Å². The van der Waals surface area contributed by atoms with E-state index >= 15 is 0 Å². The fourth-order valence-electron chi connectivity index (χ4n) is 2.93. The van der Waals surface area contributed by atoms with E-state index < -0.39 is 0 Å². The normalized spacial score (nSPS) is 23.9. The molecule has 0 saturated heterocycles. The molecular weight excluding hydrogens is 260 g/mol. The number of nitriles is 1. The maximum absolute atomic E-state index is 9.31. The zero-order valence-corrected chi connectivity index (χ0v) is 13.1. The highest BCUT2D eigenvalue weighted by molar-refractivity contribution is 5.26. The van der Waals surface area contributed by atoms with Crippen molar-refractivity contribution in [3.8, 4) is 11.8 Å². The molecule has 0 aliphatic heterocycles.